The second-order valence-corrected chi connectivity index (χ2v) is 8.78. The van der Waals surface area contributed by atoms with E-state index in [1.54, 1.807) is 23.1 Å². The molecule has 0 radical (unpaired) electrons. The van der Waals surface area contributed by atoms with E-state index in [2.05, 4.69) is 26.4 Å². The number of hydrogen-bond acceptors (Lipinski definition) is 4. The molecule has 0 bridgehead atoms. The Morgan fingerprint density at radius 2 is 1.66 bits per heavy atom. The highest BCUT2D eigenvalue weighted by atomic mass is 79.9. The summed E-state index contributed by atoms with van der Waals surface area (Å²) in [6.07, 6.45) is 0.663. The Hall–Kier alpha value is -3.78. The van der Waals surface area contributed by atoms with Crippen molar-refractivity contribution in [3.63, 3.8) is 0 Å². The van der Waals surface area contributed by atoms with Crippen molar-refractivity contribution < 1.29 is 18.5 Å². The minimum absolute atomic E-state index is 0.110. The van der Waals surface area contributed by atoms with Crippen molar-refractivity contribution >= 4 is 27.7 Å². The summed E-state index contributed by atoms with van der Waals surface area (Å²) >= 11 is 3.45. The second-order valence-electron chi connectivity index (χ2n) is 7.93. The molecule has 4 rings (SSSR count). The van der Waals surface area contributed by atoms with Gasteiger partial charge in [-0.3, -0.25) is 9.59 Å². The monoisotopic (exact) mass is 535 g/mol. The van der Waals surface area contributed by atoms with Gasteiger partial charge in [0, 0.05) is 23.6 Å². The van der Waals surface area contributed by atoms with Crippen LogP contribution in [0.4, 0.5) is 4.39 Å². The van der Waals surface area contributed by atoms with Gasteiger partial charge in [-0.25, -0.2) is 4.39 Å². The van der Waals surface area contributed by atoms with Crippen LogP contribution in [0.5, 0.6) is 0 Å². The fourth-order valence-corrected chi connectivity index (χ4v) is 3.98. The van der Waals surface area contributed by atoms with E-state index >= 15 is 0 Å². The van der Waals surface area contributed by atoms with Gasteiger partial charge in [0.15, 0.2) is 11.5 Å². The van der Waals surface area contributed by atoms with Crippen LogP contribution in [-0.4, -0.2) is 28.4 Å². The fraction of sp³-hybridized carbons (Fsp3) is 0.148. The molecule has 1 aromatic heterocycles. The van der Waals surface area contributed by atoms with E-state index in [9.17, 15) is 14.0 Å². The number of amides is 2. The second kappa shape index (κ2) is 11.6. The Bertz CT molecular complexity index is 1290. The van der Waals surface area contributed by atoms with Gasteiger partial charge in [0.25, 0.3) is 11.8 Å². The van der Waals surface area contributed by atoms with Crippen molar-refractivity contribution in [2.45, 2.75) is 19.5 Å². The van der Waals surface area contributed by atoms with Gasteiger partial charge in [0.2, 0.25) is 0 Å². The molecule has 1 heterocycles. The molecule has 0 saturated heterocycles. The number of nitrogens with zero attached hydrogens (tertiary/aromatic N) is 2. The lowest BCUT2D eigenvalue weighted by Gasteiger charge is -2.22. The van der Waals surface area contributed by atoms with Crippen molar-refractivity contribution in [1.29, 1.82) is 0 Å². The van der Waals surface area contributed by atoms with E-state index in [1.807, 2.05) is 48.5 Å². The van der Waals surface area contributed by atoms with E-state index in [0.29, 0.717) is 28.8 Å². The van der Waals surface area contributed by atoms with E-state index in [1.165, 1.54) is 18.2 Å². The van der Waals surface area contributed by atoms with Crippen LogP contribution in [0.3, 0.4) is 0 Å². The summed E-state index contributed by atoms with van der Waals surface area (Å²) in [5.41, 5.74) is 2.52. The van der Waals surface area contributed by atoms with Gasteiger partial charge in [-0.15, -0.1) is 0 Å². The molecular formula is C27H23BrFN3O3. The van der Waals surface area contributed by atoms with Crippen molar-refractivity contribution in [2.24, 2.45) is 0 Å². The Morgan fingerprint density at radius 1 is 0.943 bits per heavy atom. The van der Waals surface area contributed by atoms with Gasteiger partial charge < -0.3 is 14.7 Å². The summed E-state index contributed by atoms with van der Waals surface area (Å²) in [6, 6.07) is 24.5. The molecule has 4 aromatic rings. The molecule has 35 heavy (non-hydrogen) atoms. The maximum absolute atomic E-state index is 13.3. The predicted octanol–water partition coefficient (Wildman–Crippen LogP) is 5.39. The van der Waals surface area contributed by atoms with Crippen molar-refractivity contribution in [2.75, 3.05) is 6.54 Å². The maximum Gasteiger partial charge on any atom is 0.273 e. The number of carbonyl (C=O) groups is 2. The lowest BCUT2D eigenvalue weighted by atomic mass is 10.1. The molecule has 0 saturated carbocycles. The zero-order valence-electron chi connectivity index (χ0n) is 18.8. The van der Waals surface area contributed by atoms with Crippen LogP contribution >= 0.6 is 15.9 Å². The fourth-order valence-electron chi connectivity index (χ4n) is 3.52. The Labute approximate surface area is 210 Å². The van der Waals surface area contributed by atoms with Crippen LogP contribution in [0.15, 0.2) is 93.9 Å². The first kappa shape index (κ1) is 24.3. The van der Waals surface area contributed by atoms with E-state index < -0.39 is 5.91 Å². The molecule has 0 atom stereocenters. The average Bonchev–Trinajstić information content (AvgIpc) is 3.35. The van der Waals surface area contributed by atoms with Crippen molar-refractivity contribution in [3.8, 4) is 0 Å². The lowest BCUT2D eigenvalue weighted by molar-refractivity contribution is 0.0728. The zero-order chi connectivity index (χ0) is 24.6. The molecule has 0 aliphatic heterocycles. The lowest BCUT2D eigenvalue weighted by Crippen LogP contribution is -2.32. The number of aromatic nitrogens is 1. The first-order valence-electron chi connectivity index (χ1n) is 11.1. The SMILES string of the molecule is O=C(NCc1ccc(F)cc1)c1cc(CN(CCc2ccccc2)C(=O)c2ccccc2Br)on1. The number of halogens is 2. The topological polar surface area (TPSA) is 75.4 Å². The van der Waals surface area contributed by atoms with E-state index in [-0.39, 0.29) is 30.5 Å². The maximum atomic E-state index is 13.3. The Kier molecular flexibility index (Phi) is 8.05. The zero-order valence-corrected chi connectivity index (χ0v) is 20.4. The molecule has 0 spiro atoms. The molecule has 2 amide bonds. The summed E-state index contributed by atoms with van der Waals surface area (Å²) in [5, 5.41) is 6.60. The minimum Gasteiger partial charge on any atom is -0.359 e. The standard InChI is InChI=1S/C27H23BrFN3O3/c28-24-9-5-4-8-23(24)27(34)32(15-14-19-6-2-1-3-7-19)18-22-16-25(31-35-22)26(33)30-17-20-10-12-21(29)13-11-20/h1-13,16H,14-15,17-18H2,(H,30,33). The molecule has 0 unspecified atom stereocenters. The van der Waals surface area contributed by atoms with E-state index in [4.69, 9.17) is 4.52 Å². The Balaban J connectivity index is 1.45. The van der Waals surface area contributed by atoms with E-state index in [0.717, 1.165) is 11.1 Å². The van der Waals surface area contributed by atoms with Crippen molar-refractivity contribution in [3.05, 3.63) is 123 Å². The Morgan fingerprint density at radius 3 is 2.40 bits per heavy atom. The average molecular weight is 536 g/mol. The third-order valence-corrected chi connectivity index (χ3v) is 6.10. The molecule has 8 heteroatoms. The molecule has 178 valence electrons. The summed E-state index contributed by atoms with van der Waals surface area (Å²) in [7, 11) is 0. The molecular weight excluding hydrogens is 513 g/mol. The number of benzene rings is 3. The van der Waals surface area contributed by atoms with Crippen LogP contribution < -0.4 is 5.32 Å². The third-order valence-electron chi connectivity index (χ3n) is 5.41. The van der Waals surface area contributed by atoms with Crippen LogP contribution in [0.2, 0.25) is 0 Å². The molecule has 0 fully saturated rings. The summed E-state index contributed by atoms with van der Waals surface area (Å²) in [5.74, 6) is -0.523. The van der Waals surface area contributed by atoms with Gasteiger partial charge in [-0.1, -0.05) is 59.8 Å². The largest absolute Gasteiger partial charge is 0.359 e. The van der Waals surface area contributed by atoms with Crippen LogP contribution in [0.1, 0.15) is 37.7 Å². The normalized spacial score (nSPS) is 10.7. The predicted molar refractivity (Wildman–Crippen MR) is 133 cm³/mol. The van der Waals surface area contributed by atoms with Gasteiger partial charge in [-0.2, -0.15) is 0 Å². The number of hydrogen-bond donors (Lipinski definition) is 1. The molecule has 6 nitrogen and oxygen atoms in total. The number of rotatable bonds is 9. The third kappa shape index (κ3) is 6.64. The highest BCUT2D eigenvalue weighted by Gasteiger charge is 2.21. The van der Waals surface area contributed by atoms with Gasteiger partial charge in [-0.05, 0) is 57.7 Å². The van der Waals surface area contributed by atoms with Crippen LogP contribution in [0, 0.1) is 5.82 Å². The van der Waals surface area contributed by atoms with Crippen LogP contribution in [-0.2, 0) is 19.5 Å². The highest BCUT2D eigenvalue weighted by Crippen LogP contribution is 2.20. The summed E-state index contributed by atoms with van der Waals surface area (Å²) in [6.45, 7) is 0.841. The molecule has 0 aliphatic rings. The van der Waals surface area contributed by atoms with Crippen molar-refractivity contribution in [1.82, 2.24) is 15.4 Å². The highest BCUT2D eigenvalue weighted by molar-refractivity contribution is 9.10. The minimum atomic E-state index is -0.419. The quantitative estimate of drug-likeness (QED) is 0.311. The van der Waals surface area contributed by atoms with Crippen LogP contribution in [0.25, 0.3) is 0 Å². The molecule has 0 aliphatic carbocycles. The molecule has 3 aromatic carbocycles. The smallest absolute Gasteiger partial charge is 0.273 e. The number of carbonyl (C=O) groups excluding carboxylic acids is 2. The van der Waals surface area contributed by atoms with Gasteiger partial charge >= 0.3 is 0 Å². The number of nitrogens with one attached hydrogen (secondary N) is 1. The van der Waals surface area contributed by atoms with Gasteiger partial charge in [0.1, 0.15) is 5.82 Å². The first-order chi connectivity index (χ1) is 17.0. The van der Waals surface area contributed by atoms with Gasteiger partial charge in [0.05, 0.1) is 12.1 Å². The molecule has 1 N–H and O–H groups in total. The first-order valence-corrected chi connectivity index (χ1v) is 11.8. The summed E-state index contributed by atoms with van der Waals surface area (Å²) in [4.78, 5) is 27.5. The summed E-state index contributed by atoms with van der Waals surface area (Å²) < 4.78 is 19.1.